The van der Waals surface area contributed by atoms with Gasteiger partial charge in [0.2, 0.25) is 0 Å². The highest BCUT2D eigenvalue weighted by Crippen LogP contribution is 2.36. The van der Waals surface area contributed by atoms with Crippen LogP contribution in [0.5, 0.6) is 0 Å². The summed E-state index contributed by atoms with van der Waals surface area (Å²) in [4.78, 5) is 0. The largest absolute Gasteiger partial charge is 0.397 e. The Morgan fingerprint density at radius 3 is 2.53 bits per heavy atom. The zero-order chi connectivity index (χ0) is 22.2. The van der Waals surface area contributed by atoms with Crippen LogP contribution in [0.1, 0.15) is 51.0 Å². The lowest BCUT2D eigenvalue weighted by Gasteiger charge is -2.19. The van der Waals surface area contributed by atoms with Crippen LogP contribution in [0.3, 0.4) is 0 Å². The monoisotopic (exact) mass is 415 g/mol. The lowest BCUT2D eigenvalue weighted by Crippen LogP contribution is -2.20. The van der Waals surface area contributed by atoms with Crippen molar-refractivity contribution in [3.05, 3.63) is 60.2 Å². The molecule has 166 valence electrons. The van der Waals surface area contributed by atoms with Gasteiger partial charge in [0.15, 0.2) is 0 Å². The van der Waals surface area contributed by atoms with Gasteiger partial charge >= 0.3 is 0 Å². The molecular formula is C25H37NO4. The van der Waals surface area contributed by atoms with E-state index >= 15 is 0 Å². The van der Waals surface area contributed by atoms with E-state index in [1.807, 2.05) is 48.6 Å². The summed E-state index contributed by atoms with van der Waals surface area (Å²) in [6.07, 6.45) is 10.8. The highest BCUT2D eigenvalue weighted by Gasteiger charge is 2.39. The first kappa shape index (κ1) is 26.1. The normalized spacial score (nSPS) is 24.5. The van der Waals surface area contributed by atoms with Crippen molar-refractivity contribution in [2.45, 2.75) is 70.2 Å². The summed E-state index contributed by atoms with van der Waals surface area (Å²) in [6, 6.07) is 12.2. The molecule has 1 saturated carbocycles. The molecule has 1 aliphatic carbocycles. The van der Waals surface area contributed by atoms with Gasteiger partial charge < -0.3 is 20.4 Å². The molecule has 0 heterocycles. The first-order valence-corrected chi connectivity index (χ1v) is 10.9. The second-order valence-corrected chi connectivity index (χ2v) is 7.66. The quantitative estimate of drug-likeness (QED) is 0.346. The van der Waals surface area contributed by atoms with Crippen molar-refractivity contribution in [1.82, 2.24) is 0 Å². The van der Waals surface area contributed by atoms with Crippen molar-refractivity contribution in [3.8, 4) is 6.07 Å². The predicted molar refractivity (Wildman–Crippen MR) is 120 cm³/mol. The number of rotatable bonds is 10. The molecule has 0 bridgehead atoms. The highest BCUT2D eigenvalue weighted by atomic mass is 16.3. The molecule has 2 rings (SSSR count). The topological polar surface area (TPSA) is 105 Å². The van der Waals surface area contributed by atoms with Crippen LogP contribution in [-0.4, -0.2) is 45.3 Å². The maximum atomic E-state index is 10.3. The van der Waals surface area contributed by atoms with E-state index in [-0.39, 0.29) is 18.4 Å². The molecule has 1 fully saturated rings. The lowest BCUT2D eigenvalue weighted by atomic mass is 9.89. The molecule has 0 saturated heterocycles. The van der Waals surface area contributed by atoms with Gasteiger partial charge in [0.05, 0.1) is 24.4 Å². The van der Waals surface area contributed by atoms with Gasteiger partial charge in [0, 0.05) is 25.4 Å². The van der Waals surface area contributed by atoms with Crippen LogP contribution in [0.25, 0.3) is 0 Å². The number of unbranched alkanes of at least 4 members (excludes halogenated alkanes) is 2. The van der Waals surface area contributed by atoms with E-state index in [0.717, 1.165) is 19.3 Å². The Morgan fingerprint density at radius 1 is 1.17 bits per heavy atom. The van der Waals surface area contributed by atoms with E-state index in [2.05, 4.69) is 6.07 Å². The number of hydrogen-bond donors (Lipinski definition) is 4. The molecule has 0 radical (unpaired) electrons. The molecule has 0 unspecified atom stereocenters. The Hall–Kier alpha value is -1.97. The number of aryl methyl sites for hydroxylation is 1. The van der Waals surface area contributed by atoms with E-state index in [4.69, 9.17) is 10.4 Å². The summed E-state index contributed by atoms with van der Waals surface area (Å²) in [5.41, 5.74) is 1.20. The van der Waals surface area contributed by atoms with E-state index in [1.54, 1.807) is 13.0 Å². The van der Waals surface area contributed by atoms with Crippen molar-refractivity contribution < 1.29 is 20.4 Å². The van der Waals surface area contributed by atoms with E-state index < -0.39 is 18.3 Å². The van der Waals surface area contributed by atoms with Crippen LogP contribution in [-0.2, 0) is 6.42 Å². The molecule has 30 heavy (non-hydrogen) atoms. The summed E-state index contributed by atoms with van der Waals surface area (Å²) in [5, 5.41) is 46.9. The molecule has 0 spiro atoms. The van der Waals surface area contributed by atoms with E-state index in [1.165, 1.54) is 5.56 Å². The molecule has 0 aliphatic heterocycles. The molecule has 0 aromatic heterocycles. The summed E-state index contributed by atoms with van der Waals surface area (Å²) in [7, 11) is 0. The van der Waals surface area contributed by atoms with Crippen LogP contribution in [0.2, 0.25) is 0 Å². The van der Waals surface area contributed by atoms with Crippen molar-refractivity contribution in [1.29, 1.82) is 5.26 Å². The van der Waals surface area contributed by atoms with Crippen molar-refractivity contribution in [2.24, 2.45) is 11.8 Å². The van der Waals surface area contributed by atoms with Gasteiger partial charge in [-0.3, -0.25) is 0 Å². The summed E-state index contributed by atoms with van der Waals surface area (Å²) in [5.74, 6) is -0.181. The number of hydrogen-bond acceptors (Lipinski definition) is 5. The molecule has 1 aromatic rings. The highest BCUT2D eigenvalue weighted by molar-refractivity contribution is 5.15. The van der Waals surface area contributed by atoms with Gasteiger partial charge in [0.1, 0.15) is 0 Å². The third-order valence-corrected chi connectivity index (χ3v) is 5.28. The van der Waals surface area contributed by atoms with Gasteiger partial charge in [-0.05, 0) is 50.5 Å². The Morgan fingerprint density at radius 2 is 1.87 bits per heavy atom. The van der Waals surface area contributed by atoms with Crippen LogP contribution >= 0.6 is 0 Å². The van der Waals surface area contributed by atoms with E-state index in [9.17, 15) is 15.3 Å². The summed E-state index contributed by atoms with van der Waals surface area (Å²) >= 11 is 0. The molecule has 5 nitrogen and oxygen atoms in total. The van der Waals surface area contributed by atoms with Crippen LogP contribution in [0.4, 0.5) is 0 Å². The average Bonchev–Trinajstić information content (AvgIpc) is 3.01. The molecule has 0 amide bonds. The molecule has 5 atom stereocenters. The smallest absolute Gasteiger partial charge is 0.0724 e. The Bertz CT molecular complexity index is 653. The lowest BCUT2D eigenvalue weighted by molar-refractivity contribution is 0.120. The first-order valence-electron chi connectivity index (χ1n) is 10.9. The number of nitriles is 1. The van der Waals surface area contributed by atoms with E-state index in [0.29, 0.717) is 25.7 Å². The van der Waals surface area contributed by atoms with Crippen molar-refractivity contribution >= 4 is 0 Å². The predicted octanol–water partition coefficient (Wildman–Crippen LogP) is 3.53. The number of aliphatic hydroxyl groups excluding tert-OH is 4. The van der Waals surface area contributed by atoms with Gasteiger partial charge in [-0.15, -0.1) is 0 Å². The molecular weight excluding hydrogens is 378 g/mol. The van der Waals surface area contributed by atoms with Gasteiger partial charge in [-0.1, -0.05) is 54.6 Å². The fourth-order valence-electron chi connectivity index (χ4n) is 3.69. The fraction of sp³-hybridized carbons (Fsp3) is 0.560. The Kier molecular flexibility index (Phi) is 13.7. The maximum absolute atomic E-state index is 10.3. The second-order valence-electron chi connectivity index (χ2n) is 7.66. The van der Waals surface area contributed by atoms with Crippen LogP contribution in [0, 0.1) is 23.2 Å². The Labute approximate surface area is 181 Å². The fourth-order valence-corrected chi connectivity index (χ4v) is 3.69. The molecule has 1 aromatic carbocycles. The second kappa shape index (κ2) is 15.8. The minimum Gasteiger partial charge on any atom is -0.397 e. The summed E-state index contributed by atoms with van der Waals surface area (Å²) in [6.45, 7) is 1.93. The minimum atomic E-state index is -0.574. The van der Waals surface area contributed by atoms with Gasteiger partial charge in [0.25, 0.3) is 0 Å². The van der Waals surface area contributed by atoms with Crippen LogP contribution in [0.15, 0.2) is 54.6 Å². The van der Waals surface area contributed by atoms with Crippen molar-refractivity contribution in [3.63, 3.8) is 0 Å². The van der Waals surface area contributed by atoms with Gasteiger partial charge in [-0.2, -0.15) is 5.26 Å². The molecule has 4 N–H and O–H groups in total. The zero-order valence-corrected chi connectivity index (χ0v) is 18.0. The van der Waals surface area contributed by atoms with Crippen molar-refractivity contribution in [2.75, 3.05) is 6.61 Å². The number of benzene rings is 1. The van der Waals surface area contributed by atoms with Gasteiger partial charge in [-0.25, -0.2) is 0 Å². The standard InChI is InChI=1S/C23H31NO3.C2H6O/c24-16-8-3-1-2-7-11-20-21(23(27)17-22(20)26)15-14-19(25)13-12-18-9-5-4-6-10-18;1-2-3/h2,4-7,9-10,14-15,19-23,25-27H,1,3,8,11-13,17H2;3H,2H2,1H3/b7-2-,15-14+;/t19-,20+,21+,22-,23+;/m0./s1. The number of allylic oxidation sites excluding steroid dienone is 2. The number of nitrogens with zero attached hydrogens (tertiary/aromatic N) is 1. The maximum Gasteiger partial charge on any atom is 0.0724 e. The Balaban J connectivity index is 0.00000141. The molecule has 5 heteroatoms. The zero-order valence-electron chi connectivity index (χ0n) is 18.0. The van der Waals surface area contributed by atoms with Crippen LogP contribution < -0.4 is 0 Å². The average molecular weight is 416 g/mol. The first-order chi connectivity index (χ1) is 14.5. The molecule has 1 aliphatic rings. The SMILES string of the molecule is CCO.N#CCCC/C=C\C[C@@H]1[C@@H](/C=C/[C@@H](O)CCc2ccccc2)[C@H](O)C[C@@H]1O. The minimum absolute atomic E-state index is 0.0372. The summed E-state index contributed by atoms with van der Waals surface area (Å²) < 4.78 is 0. The third-order valence-electron chi connectivity index (χ3n) is 5.28. The third kappa shape index (κ3) is 10.2. The number of aliphatic hydroxyl groups is 4.